The molecule has 0 heterocycles. The Morgan fingerprint density at radius 2 is 1.92 bits per heavy atom. The lowest BCUT2D eigenvalue weighted by atomic mass is 10.1. The van der Waals surface area contributed by atoms with E-state index in [0.29, 0.717) is 12.1 Å². The molecule has 0 rings (SSSR count). The molecule has 0 aliphatic heterocycles. The van der Waals surface area contributed by atoms with E-state index < -0.39 is 0 Å². The molecule has 0 bridgehead atoms. The summed E-state index contributed by atoms with van der Waals surface area (Å²) >= 11 is 0. The first-order chi connectivity index (χ1) is 6.20. The van der Waals surface area contributed by atoms with Gasteiger partial charge in [-0.05, 0) is 33.1 Å². The highest BCUT2D eigenvalue weighted by atomic mass is 16.5. The van der Waals surface area contributed by atoms with Crippen LogP contribution in [0.4, 0.5) is 0 Å². The molecule has 0 saturated carbocycles. The molecular formula is C11H23NO. The lowest BCUT2D eigenvalue weighted by Gasteiger charge is -2.19. The maximum absolute atomic E-state index is 5.02. The molecule has 0 aliphatic carbocycles. The van der Waals surface area contributed by atoms with E-state index in [0.717, 1.165) is 19.4 Å². The smallest absolute Gasteiger partial charge is 0.0476 e. The quantitative estimate of drug-likeness (QED) is 0.586. The number of hydrogen-bond acceptors (Lipinski definition) is 2. The Hall–Kier alpha value is -0.340. The molecule has 0 fully saturated rings. The van der Waals surface area contributed by atoms with Crippen molar-refractivity contribution in [2.45, 2.75) is 45.2 Å². The van der Waals surface area contributed by atoms with Crippen LogP contribution in [0, 0.1) is 0 Å². The van der Waals surface area contributed by atoms with Gasteiger partial charge >= 0.3 is 0 Å². The second kappa shape index (κ2) is 8.27. The highest BCUT2D eigenvalue weighted by molar-refractivity contribution is 4.73. The maximum atomic E-state index is 5.02. The van der Waals surface area contributed by atoms with Gasteiger partial charge in [0.05, 0.1) is 0 Å². The van der Waals surface area contributed by atoms with Crippen molar-refractivity contribution >= 4 is 0 Å². The summed E-state index contributed by atoms with van der Waals surface area (Å²) in [5.41, 5.74) is 0. The zero-order valence-corrected chi connectivity index (χ0v) is 9.18. The highest BCUT2D eigenvalue weighted by Crippen LogP contribution is 2.00. The van der Waals surface area contributed by atoms with Crippen molar-refractivity contribution in [3.63, 3.8) is 0 Å². The predicted molar refractivity (Wildman–Crippen MR) is 58.0 cm³/mol. The van der Waals surface area contributed by atoms with Crippen molar-refractivity contribution in [2.24, 2.45) is 0 Å². The van der Waals surface area contributed by atoms with Crippen LogP contribution in [0.3, 0.4) is 0 Å². The first-order valence-electron chi connectivity index (χ1n) is 5.06. The van der Waals surface area contributed by atoms with Crippen LogP contribution in [0.2, 0.25) is 0 Å². The average Bonchev–Trinajstić information content (AvgIpc) is 2.11. The fraction of sp³-hybridized carbons (Fsp3) is 0.818. The van der Waals surface area contributed by atoms with Crippen LogP contribution in [0.1, 0.15) is 33.1 Å². The number of hydrogen-bond donors (Lipinski definition) is 1. The van der Waals surface area contributed by atoms with Gasteiger partial charge in [0.25, 0.3) is 0 Å². The minimum atomic E-state index is 0.541. The first kappa shape index (κ1) is 12.7. The summed E-state index contributed by atoms with van der Waals surface area (Å²) in [6, 6.07) is 1.12. The molecule has 0 saturated heterocycles. The number of ether oxygens (including phenoxy) is 1. The predicted octanol–water partition coefficient (Wildman–Crippen LogP) is 2.36. The van der Waals surface area contributed by atoms with E-state index in [1.807, 2.05) is 6.08 Å². The van der Waals surface area contributed by atoms with Crippen molar-refractivity contribution in [3.8, 4) is 0 Å². The Morgan fingerprint density at radius 1 is 1.31 bits per heavy atom. The molecule has 2 nitrogen and oxygen atoms in total. The van der Waals surface area contributed by atoms with Crippen LogP contribution < -0.4 is 5.32 Å². The van der Waals surface area contributed by atoms with Gasteiger partial charge in [-0.3, -0.25) is 0 Å². The number of methoxy groups -OCH3 is 1. The lowest BCUT2D eigenvalue weighted by Crippen LogP contribution is -2.35. The molecule has 2 unspecified atom stereocenters. The lowest BCUT2D eigenvalue weighted by molar-refractivity contribution is 0.182. The summed E-state index contributed by atoms with van der Waals surface area (Å²) in [6.45, 7) is 8.96. The van der Waals surface area contributed by atoms with Crippen molar-refractivity contribution in [1.82, 2.24) is 5.32 Å². The van der Waals surface area contributed by atoms with Crippen LogP contribution in [-0.2, 0) is 4.74 Å². The molecule has 0 spiro atoms. The summed E-state index contributed by atoms with van der Waals surface area (Å²) in [7, 11) is 1.74. The summed E-state index contributed by atoms with van der Waals surface area (Å²) in [5.74, 6) is 0. The van der Waals surface area contributed by atoms with E-state index in [1.165, 1.54) is 6.42 Å². The van der Waals surface area contributed by atoms with Crippen molar-refractivity contribution < 1.29 is 4.74 Å². The molecule has 0 radical (unpaired) electrons. The normalized spacial score (nSPS) is 15.3. The van der Waals surface area contributed by atoms with E-state index in [9.17, 15) is 0 Å². The van der Waals surface area contributed by atoms with E-state index in [2.05, 4.69) is 25.7 Å². The molecule has 2 heteroatoms. The van der Waals surface area contributed by atoms with Gasteiger partial charge in [-0.2, -0.15) is 0 Å². The fourth-order valence-corrected chi connectivity index (χ4v) is 1.31. The van der Waals surface area contributed by atoms with E-state index in [-0.39, 0.29) is 0 Å². The molecule has 0 aromatic rings. The molecule has 1 N–H and O–H groups in total. The average molecular weight is 185 g/mol. The van der Waals surface area contributed by atoms with E-state index >= 15 is 0 Å². The minimum Gasteiger partial charge on any atom is -0.385 e. The molecule has 0 aliphatic rings. The van der Waals surface area contributed by atoms with Crippen LogP contribution in [0.5, 0.6) is 0 Å². The topological polar surface area (TPSA) is 21.3 Å². The summed E-state index contributed by atoms with van der Waals surface area (Å²) < 4.78 is 5.02. The van der Waals surface area contributed by atoms with Gasteiger partial charge in [-0.25, -0.2) is 0 Å². The van der Waals surface area contributed by atoms with Crippen LogP contribution in [-0.4, -0.2) is 25.8 Å². The summed E-state index contributed by atoms with van der Waals surface area (Å²) in [5, 5.41) is 3.52. The Labute approximate surface area is 82.4 Å². The van der Waals surface area contributed by atoms with Crippen molar-refractivity contribution in [2.75, 3.05) is 13.7 Å². The third-order valence-corrected chi connectivity index (χ3v) is 2.13. The van der Waals surface area contributed by atoms with Gasteiger partial charge in [0.1, 0.15) is 0 Å². The zero-order valence-electron chi connectivity index (χ0n) is 9.18. The van der Waals surface area contributed by atoms with Crippen LogP contribution >= 0.6 is 0 Å². The molecular weight excluding hydrogens is 162 g/mol. The Bertz CT molecular complexity index is 125. The number of rotatable bonds is 8. The molecule has 0 aromatic heterocycles. The van der Waals surface area contributed by atoms with Crippen molar-refractivity contribution in [3.05, 3.63) is 12.7 Å². The van der Waals surface area contributed by atoms with Gasteiger partial charge in [-0.15, -0.1) is 6.58 Å². The maximum Gasteiger partial charge on any atom is 0.0476 e. The SMILES string of the molecule is C=CCCC(C)NC(C)CCOC. The van der Waals surface area contributed by atoms with E-state index in [4.69, 9.17) is 4.74 Å². The monoisotopic (exact) mass is 185 g/mol. The van der Waals surface area contributed by atoms with Gasteiger partial charge in [0.15, 0.2) is 0 Å². The summed E-state index contributed by atoms with van der Waals surface area (Å²) in [4.78, 5) is 0. The molecule has 0 aromatic carbocycles. The fourth-order valence-electron chi connectivity index (χ4n) is 1.31. The third kappa shape index (κ3) is 8.00. The standard InChI is InChI=1S/C11H23NO/c1-5-6-7-10(2)12-11(3)8-9-13-4/h5,10-12H,1,6-9H2,2-4H3. The molecule has 78 valence electrons. The molecule has 13 heavy (non-hydrogen) atoms. The van der Waals surface area contributed by atoms with E-state index in [1.54, 1.807) is 7.11 Å². The first-order valence-corrected chi connectivity index (χ1v) is 5.06. The van der Waals surface area contributed by atoms with Gasteiger partial charge < -0.3 is 10.1 Å². The minimum absolute atomic E-state index is 0.541. The second-order valence-corrected chi connectivity index (χ2v) is 3.62. The van der Waals surface area contributed by atoms with Crippen LogP contribution in [0.25, 0.3) is 0 Å². The third-order valence-electron chi connectivity index (χ3n) is 2.13. The molecule has 0 amide bonds. The second-order valence-electron chi connectivity index (χ2n) is 3.62. The van der Waals surface area contributed by atoms with Crippen LogP contribution in [0.15, 0.2) is 12.7 Å². The van der Waals surface area contributed by atoms with Gasteiger partial charge in [0.2, 0.25) is 0 Å². The highest BCUT2D eigenvalue weighted by Gasteiger charge is 2.05. The Morgan fingerprint density at radius 3 is 2.46 bits per heavy atom. The molecule has 2 atom stereocenters. The number of nitrogens with one attached hydrogen (secondary N) is 1. The summed E-state index contributed by atoms with van der Waals surface area (Å²) in [6.07, 6.45) is 5.30. The Kier molecular flexibility index (Phi) is 8.05. The zero-order chi connectivity index (χ0) is 10.1. The van der Waals surface area contributed by atoms with Gasteiger partial charge in [0, 0.05) is 25.8 Å². The van der Waals surface area contributed by atoms with Gasteiger partial charge in [-0.1, -0.05) is 6.08 Å². The van der Waals surface area contributed by atoms with Crippen molar-refractivity contribution in [1.29, 1.82) is 0 Å². The Balaban J connectivity index is 3.40. The largest absolute Gasteiger partial charge is 0.385 e. The number of allylic oxidation sites excluding steroid dienone is 1.